The van der Waals surface area contributed by atoms with Gasteiger partial charge in [-0.25, -0.2) is 0 Å². The molecule has 0 atom stereocenters. The Morgan fingerprint density at radius 1 is 1.46 bits per heavy atom. The quantitative estimate of drug-likeness (QED) is 0.506. The van der Waals surface area contributed by atoms with Crippen molar-refractivity contribution in [2.24, 2.45) is 0 Å². The molecule has 3 heteroatoms. The summed E-state index contributed by atoms with van der Waals surface area (Å²) in [6.45, 7) is 2.20. The van der Waals surface area contributed by atoms with Gasteiger partial charge in [0.15, 0.2) is 0 Å². The lowest BCUT2D eigenvalue weighted by molar-refractivity contribution is 1.36. The third-order valence-electron chi connectivity index (χ3n) is 2.20. The second-order valence-corrected chi connectivity index (χ2v) is 6.48. The average Bonchev–Trinajstić information content (AvgIpc) is 2.47. The summed E-state index contributed by atoms with van der Waals surface area (Å²) in [5, 5.41) is 2.35. The topological polar surface area (TPSA) is 0 Å². The molecule has 0 amide bonds. The lowest BCUT2D eigenvalue weighted by Crippen LogP contribution is -1.83. The number of alkyl halides is 1. The molecule has 1 aromatic carbocycles. The zero-order chi connectivity index (χ0) is 9.42. The highest BCUT2D eigenvalue weighted by Crippen LogP contribution is 2.31. The summed E-state index contributed by atoms with van der Waals surface area (Å²) in [6.07, 6.45) is 0. The fourth-order valence-corrected chi connectivity index (χ4v) is 3.89. The van der Waals surface area contributed by atoms with Gasteiger partial charge in [-0.2, -0.15) is 0 Å². The third kappa shape index (κ3) is 1.78. The van der Waals surface area contributed by atoms with Crippen LogP contribution in [0.3, 0.4) is 0 Å². The molecule has 0 fully saturated rings. The van der Waals surface area contributed by atoms with E-state index in [0.29, 0.717) is 0 Å². The lowest BCUT2D eigenvalue weighted by atomic mass is 10.1. The molecule has 2 rings (SSSR count). The van der Waals surface area contributed by atoms with Gasteiger partial charge in [-0.15, -0.1) is 11.3 Å². The molecule has 68 valence electrons. The van der Waals surface area contributed by atoms with Crippen LogP contribution in [0.15, 0.2) is 18.2 Å². The molecule has 0 aliphatic rings. The first-order valence-corrected chi connectivity index (χ1v) is 6.97. The van der Waals surface area contributed by atoms with E-state index in [4.69, 9.17) is 0 Å². The maximum atomic E-state index is 3.50. The van der Waals surface area contributed by atoms with Crippen molar-refractivity contribution in [3.63, 3.8) is 0 Å². The van der Waals surface area contributed by atoms with Crippen molar-refractivity contribution in [2.75, 3.05) is 0 Å². The van der Waals surface area contributed by atoms with Gasteiger partial charge in [-0.1, -0.05) is 22.0 Å². The molecule has 0 spiro atoms. The van der Waals surface area contributed by atoms with Crippen molar-refractivity contribution in [3.8, 4) is 0 Å². The second kappa shape index (κ2) is 3.87. The van der Waals surface area contributed by atoms with Gasteiger partial charge in [0.05, 0.1) is 2.88 Å². The Morgan fingerprint density at radius 3 is 2.92 bits per heavy atom. The van der Waals surface area contributed by atoms with Crippen LogP contribution in [0.1, 0.15) is 11.1 Å². The normalized spacial score (nSPS) is 11.0. The third-order valence-corrected chi connectivity index (χ3v) is 4.66. The number of aryl methyl sites for hydroxylation is 1. The van der Waals surface area contributed by atoms with E-state index in [1.807, 2.05) is 11.3 Å². The van der Waals surface area contributed by atoms with Gasteiger partial charge < -0.3 is 0 Å². The summed E-state index contributed by atoms with van der Waals surface area (Å²) in [5.41, 5.74) is 2.80. The Bertz CT molecular complexity index is 447. The monoisotopic (exact) mass is 366 g/mol. The van der Waals surface area contributed by atoms with E-state index in [1.165, 1.54) is 24.1 Å². The maximum Gasteiger partial charge on any atom is 0.0666 e. The summed E-state index contributed by atoms with van der Waals surface area (Å²) in [4.78, 5) is 0. The first kappa shape index (κ1) is 9.93. The number of benzene rings is 1. The molecule has 0 aliphatic heterocycles. The summed E-state index contributed by atoms with van der Waals surface area (Å²) >= 11 is 7.74. The van der Waals surface area contributed by atoms with E-state index < -0.39 is 0 Å². The van der Waals surface area contributed by atoms with Gasteiger partial charge >= 0.3 is 0 Å². The largest absolute Gasteiger partial charge is 0.129 e. The van der Waals surface area contributed by atoms with E-state index in [0.717, 1.165) is 5.33 Å². The van der Waals surface area contributed by atoms with Crippen molar-refractivity contribution in [2.45, 2.75) is 12.3 Å². The number of thiophene rings is 1. The molecule has 0 unspecified atom stereocenters. The Balaban J connectivity index is 2.78. The van der Waals surface area contributed by atoms with Crippen molar-refractivity contribution >= 4 is 59.9 Å². The van der Waals surface area contributed by atoms with Gasteiger partial charge in [0.2, 0.25) is 0 Å². The summed E-state index contributed by atoms with van der Waals surface area (Å²) in [5.74, 6) is 0. The van der Waals surface area contributed by atoms with Gasteiger partial charge in [0, 0.05) is 10.0 Å². The van der Waals surface area contributed by atoms with Crippen LogP contribution in [0.4, 0.5) is 0 Å². The van der Waals surface area contributed by atoms with Gasteiger partial charge in [0.25, 0.3) is 0 Å². The van der Waals surface area contributed by atoms with Crippen molar-refractivity contribution in [1.82, 2.24) is 0 Å². The Morgan fingerprint density at radius 2 is 2.23 bits per heavy atom. The Hall–Kier alpha value is 0.390. The van der Waals surface area contributed by atoms with E-state index in [-0.39, 0.29) is 0 Å². The van der Waals surface area contributed by atoms with Crippen LogP contribution in [0.2, 0.25) is 0 Å². The summed E-state index contributed by atoms with van der Waals surface area (Å²) in [7, 11) is 0. The zero-order valence-electron chi connectivity index (χ0n) is 7.10. The van der Waals surface area contributed by atoms with Crippen molar-refractivity contribution in [1.29, 1.82) is 0 Å². The predicted molar refractivity (Wildman–Crippen MR) is 71.9 cm³/mol. The number of fused-ring (bicyclic) bond motifs is 1. The molecule has 0 saturated heterocycles. The standard InChI is InChI=1S/C10H8BrIS/c1-6-7(5-11)2-3-9-8(6)4-10(12)13-9/h2-4H,5H2,1H3. The first-order chi connectivity index (χ1) is 6.22. The summed E-state index contributed by atoms with van der Waals surface area (Å²) in [6, 6.07) is 6.69. The highest BCUT2D eigenvalue weighted by Gasteiger charge is 2.05. The number of halogens is 2. The summed E-state index contributed by atoms with van der Waals surface area (Å²) < 4.78 is 2.76. The maximum absolute atomic E-state index is 3.50. The molecule has 0 aliphatic carbocycles. The molecular weight excluding hydrogens is 359 g/mol. The Labute approximate surface area is 104 Å². The van der Waals surface area contributed by atoms with Gasteiger partial charge in [-0.3, -0.25) is 0 Å². The molecule has 0 bridgehead atoms. The molecule has 13 heavy (non-hydrogen) atoms. The smallest absolute Gasteiger partial charge is 0.0666 e. The molecule has 0 saturated carbocycles. The zero-order valence-corrected chi connectivity index (χ0v) is 11.7. The van der Waals surface area contributed by atoms with Crippen LogP contribution in [0.5, 0.6) is 0 Å². The van der Waals surface area contributed by atoms with Crippen LogP contribution in [0.25, 0.3) is 10.1 Å². The minimum Gasteiger partial charge on any atom is -0.129 e. The second-order valence-electron chi connectivity index (χ2n) is 2.95. The van der Waals surface area contributed by atoms with Crippen LogP contribution in [0, 0.1) is 9.81 Å². The number of hydrogen-bond acceptors (Lipinski definition) is 1. The molecular formula is C10H8BrIS. The first-order valence-electron chi connectivity index (χ1n) is 3.96. The van der Waals surface area contributed by atoms with E-state index in [2.05, 4.69) is 63.6 Å². The molecule has 1 aromatic heterocycles. The van der Waals surface area contributed by atoms with Crippen LogP contribution in [-0.2, 0) is 5.33 Å². The predicted octanol–water partition coefficient (Wildman–Crippen LogP) is 4.71. The molecule has 2 aromatic rings. The highest BCUT2D eigenvalue weighted by atomic mass is 127. The molecule has 0 N–H and O–H groups in total. The van der Waals surface area contributed by atoms with E-state index in [9.17, 15) is 0 Å². The van der Waals surface area contributed by atoms with Crippen LogP contribution in [-0.4, -0.2) is 0 Å². The lowest BCUT2D eigenvalue weighted by Gasteiger charge is -2.02. The van der Waals surface area contributed by atoms with Gasteiger partial charge in [-0.05, 0) is 58.2 Å². The van der Waals surface area contributed by atoms with E-state index in [1.54, 1.807) is 0 Å². The van der Waals surface area contributed by atoms with Gasteiger partial charge in [0.1, 0.15) is 0 Å². The van der Waals surface area contributed by atoms with Crippen molar-refractivity contribution in [3.05, 3.63) is 32.2 Å². The van der Waals surface area contributed by atoms with Crippen molar-refractivity contribution < 1.29 is 0 Å². The number of hydrogen-bond donors (Lipinski definition) is 0. The fourth-order valence-electron chi connectivity index (χ4n) is 1.41. The number of rotatable bonds is 1. The minimum atomic E-state index is 0.946. The Kier molecular flexibility index (Phi) is 2.95. The van der Waals surface area contributed by atoms with E-state index >= 15 is 0 Å². The highest BCUT2D eigenvalue weighted by molar-refractivity contribution is 14.1. The average molecular weight is 367 g/mol. The van der Waals surface area contributed by atoms with Crippen LogP contribution < -0.4 is 0 Å². The fraction of sp³-hybridized carbons (Fsp3) is 0.200. The molecule has 0 radical (unpaired) electrons. The SMILES string of the molecule is Cc1c(CBr)ccc2sc(I)cc12. The molecule has 0 nitrogen and oxygen atoms in total. The molecule has 1 heterocycles. The minimum absolute atomic E-state index is 0.946. The van der Waals surface area contributed by atoms with Crippen LogP contribution >= 0.6 is 49.9 Å².